The van der Waals surface area contributed by atoms with Gasteiger partial charge in [0.2, 0.25) is 11.8 Å². The van der Waals surface area contributed by atoms with Gasteiger partial charge in [0.25, 0.3) is 0 Å². The molecular weight excluding hydrogens is 528 g/mol. The standard InChI is InChI=1S/C35H38N2O5/c1-40-30-18-14-28(15-19-30)25-37(33(38)21-17-26-10-6-4-7-11-26)34(29-12-8-5-9-13-29)35(39)36-23-22-27-16-20-31(41-2)32(24-27)42-3/h4-16,18-20,24,34H,17,21-23,25H2,1-3H3,(H,36,39)/t34-/m1/s1. The molecule has 0 unspecified atom stereocenters. The highest BCUT2D eigenvalue weighted by Crippen LogP contribution is 2.28. The van der Waals surface area contributed by atoms with Gasteiger partial charge in [-0.2, -0.15) is 0 Å². The number of nitrogens with zero attached hydrogens (tertiary/aromatic N) is 1. The fourth-order valence-corrected chi connectivity index (χ4v) is 4.86. The van der Waals surface area contributed by atoms with Gasteiger partial charge < -0.3 is 24.4 Å². The molecule has 42 heavy (non-hydrogen) atoms. The minimum Gasteiger partial charge on any atom is -0.497 e. The third-order valence-electron chi connectivity index (χ3n) is 7.14. The normalized spacial score (nSPS) is 11.3. The van der Waals surface area contributed by atoms with Crippen molar-refractivity contribution < 1.29 is 23.8 Å². The molecule has 4 rings (SSSR count). The fourth-order valence-electron chi connectivity index (χ4n) is 4.86. The van der Waals surface area contributed by atoms with Gasteiger partial charge in [0, 0.05) is 19.5 Å². The molecule has 1 atom stereocenters. The van der Waals surface area contributed by atoms with Crippen molar-refractivity contribution in [3.05, 3.63) is 125 Å². The zero-order chi connectivity index (χ0) is 29.7. The number of hydrogen-bond acceptors (Lipinski definition) is 5. The molecule has 218 valence electrons. The van der Waals surface area contributed by atoms with Crippen molar-refractivity contribution >= 4 is 11.8 Å². The van der Waals surface area contributed by atoms with E-state index in [1.54, 1.807) is 26.2 Å². The summed E-state index contributed by atoms with van der Waals surface area (Å²) in [5.41, 5.74) is 3.73. The predicted molar refractivity (Wildman–Crippen MR) is 164 cm³/mol. The molecule has 0 aliphatic carbocycles. The van der Waals surface area contributed by atoms with Gasteiger partial charge >= 0.3 is 0 Å². The van der Waals surface area contributed by atoms with Gasteiger partial charge in [0.1, 0.15) is 11.8 Å². The number of benzene rings is 4. The van der Waals surface area contributed by atoms with E-state index in [4.69, 9.17) is 14.2 Å². The summed E-state index contributed by atoms with van der Waals surface area (Å²) in [5, 5.41) is 3.08. The van der Waals surface area contributed by atoms with Gasteiger partial charge in [0.15, 0.2) is 11.5 Å². The lowest BCUT2D eigenvalue weighted by molar-refractivity contribution is -0.141. The van der Waals surface area contributed by atoms with E-state index in [1.165, 1.54) is 0 Å². The highest BCUT2D eigenvalue weighted by Gasteiger charge is 2.31. The maximum Gasteiger partial charge on any atom is 0.247 e. The average molecular weight is 567 g/mol. The predicted octanol–water partition coefficient (Wildman–Crippen LogP) is 5.77. The zero-order valence-electron chi connectivity index (χ0n) is 24.4. The van der Waals surface area contributed by atoms with Crippen molar-refractivity contribution in [2.75, 3.05) is 27.9 Å². The summed E-state index contributed by atoms with van der Waals surface area (Å²) in [7, 11) is 4.81. The summed E-state index contributed by atoms with van der Waals surface area (Å²) in [6, 6.07) is 31.9. The molecule has 4 aromatic carbocycles. The Morgan fingerprint density at radius 3 is 1.98 bits per heavy atom. The second-order valence-electron chi connectivity index (χ2n) is 9.90. The van der Waals surface area contributed by atoms with Gasteiger partial charge in [-0.25, -0.2) is 0 Å². The van der Waals surface area contributed by atoms with Crippen LogP contribution in [0.2, 0.25) is 0 Å². The number of rotatable bonds is 14. The summed E-state index contributed by atoms with van der Waals surface area (Å²) < 4.78 is 16.1. The lowest BCUT2D eigenvalue weighted by Crippen LogP contribution is -2.44. The van der Waals surface area contributed by atoms with Crippen molar-refractivity contribution in [1.29, 1.82) is 0 Å². The van der Waals surface area contributed by atoms with E-state index >= 15 is 0 Å². The topological polar surface area (TPSA) is 77.1 Å². The Labute approximate surface area is 248 Å². The molecule has 0 aliphatic heterocycles. The molecule has 7 heteroatoms. The molecule has 0 aromatic heterocycles. The van der Waals surface area contributed by atoms with Gasteiger partial charge in [-0.05, 0) is 59.4 Å². The van der Waals surface area contributed by atoms with Crippen LogP contribution in [-0.2, 0) is 29.0 Å². The third kappa shape index (κ3) is 8.13. The zero-order valence-corrected chi connectivity index (χ0v) is 24.4. The van der Waals surface area contributed by atoms with E-state index in [0.29, 0.717) is 30.9 Å². The van der Waals surface area contributed by atoms with Crippen LogP contribution in [0.3, 0.4) is 0 Å². The van der Waals surface area contributed by atoms with Gasteiger partial charge in [0.05, 0.1) is 21.3 Å². The van der Waals surface area contributed by atoms with Crippen molar-refractivity contribution in [3.8, 4) is 17.2 Å². The molecule has 0 saturated carbocycles. The molecule has 1 N–H and O–H groups in total. The number of carbonyl (C=O) groups is 2. The van der Waals surface area contributed by atoms with Crippen LogP contribution in [0.4, 0.5) is 0 Å². The highest BCUT2D eigenvalue weighted by atomic mass is 16.5. The summed E-state index contributed by atoms with van der Waals surface area (Å²) in [6.45, 7) is 0.673. The van der Waals surface area contributed by atoms with Crippen LogP contribution >= 0.6 is 0 Å². The number of hydrogen-bond donors (Lipinski definition) is 1. The molecule has 0 spiro atoms. The molecule has 7 nitrogen and oxygen atoms in total. The quantitative estimate of drug-likeness (QED) is 0.210. The second kappa shape index (κ2) is 15.3. The number of aryl methyl sites for hydroxylation is 1. The lowest BCUT2D eigenvalue weighted by atomic mass is 10.0. The molecule has 0 saturated heterocycles. The first-order valence-electron chi connectivity index (χ1n) is 14.0. The summed E-state index contributed by atoms with van der Waals surface area (Å²) in [4.78, 5) is 29.5. The first-order valence-corrected chi connectivity index (χ1v) is 14.0. The van der Waals surface area contributed by atoms with Gasteiger partial charge in [-0.1, -0.05) is 78.9 Å². The summed E-state index contributed by atoms with van der Waals surface area (Å²) >= 11 is 0. The van der Waals surface area contributed by atoms with E-state index < -0.39 is 6.04 Å². The summed E-state index contributed by atoms with van der Waals surface area (Å²) in [6.07, 6.45) is 1.46. The molecule has 0 radical (unpaired) electrons. The first-order chi connectivity index (χ1) is 20.5. The van der Waals surface area contributed by atoms with Crippen molar-refractivity contribution in [2.24, 2.45) is 0 Å². The Morgan fingerprint density at radius 2 is 1.33 bits per heavy atom. The van der Waals surface area contributed by atoms with Crippen LogP contribution in [0.1, 0.15) is 34.7 Å². The largest absolute Gasteiger partial charge is 0.497 e. The molecule has 0 heterocycles. The maximum atomic E-state index is 13.9. The number of methoxy groups -OCH3 is 3. The third-order valence-corrected chi connectivity index (χ3v) is 7.14. The van der Waals surface area contributed by atoms with Crippen LogP contribution in [0.25, 0.3) is 0 Å². The molecule has 0 aliphatic rings. The van der Waals surface area contributed by atoms with E-state index in [2.05, 4.69) is 5.32 Å². The van der Waals surface area contributed by atoms with E-state index in [9.17, 15) is 9.59 Å². The molecule has 0 bridgehead atoms. The highest BCUT2D eigenvalue weighted by molar-refractivity contribution is 5.89. The van der Waals surface area contributed by atoms with Crippen molar-refractivity contribution in [2.45, 2.75) is 31.8 Å². The molecule has 2 amide bonds. The SMILES string of the molecule is COc1ccc(CN(C(=O)CCc2ccccc2)[C@@H](C(=O)NCCc2ccc(OC)c(OC)c2)c2ccccc2)cc1. The van der Waals surface area contributed by atoms with E-state index in [-0.39, 0.29) is 24.8 Å². The molecule has 0 fully saturated rings. The Morgan fingerprint density at radius 1 is 0.690 bits per heavy atom. The molecule has 4 aromatic rings. The van der Waals surface area contributed by atoms with Crippen LogP contribution in [0.15, 0.2) is 103 Å². The lowest BCUT2D eigenvalue weighted by Gasteiger charge is -2.32. The Hall–Kier alpha value is -4.78. The Bertz CT molecular complexity index is 1430. The van der Waals surface area contributed by atoms with E-state index in [0.717, 1.165) is 28.0 Å². The fraction of sp³-hybridized carbons (Fsp3) is 0.257. The second-order valence-corrected chi connectivity index (χ2v) is 9.90. The van der Waals surface area contributed by atoms with Crippen LogP contribution in [0.5, 0.6) is 17.2 Å². The van der Waals surface area contributed by atoms with Crippen LogP contribution in [-0.4, -0.2) is 44.6 Å². The minimum atomic E-state index is -0.804. The molecular formula is C35H38N2O5. The van der Waals surface area contributed by atoms with Crippen molar-refractivity contribution in [3.63, 3.8) is 0 Å². The van der Waals surface area contributed by atoms with Gasteiger partial charge in [-0.15, -0.1) is 0 Å². The first kappa shape index (κ1) is 30.2. The number of carbonyl (C=O) groups excluding carboxylic acids is 2. The summed E-state index contributed by atoms with van der Waals surface area (Å²) in [5.74, 6) is 1.69. The Kier molecular flexibility index (Phi) is 11.0. The smallest absolute Gasteiger partial charge is 0.247 e. The van der Waals surface area contributed by atoms with Gasteiger partial charge in [-0.3, -0.25) is 9.59 Å². The van der Waals surface area contributed by atoms with Crippen LogP contribution < -0.4 is 19.5 Å². The maximum absolute atomic E-state index is 13.9. The monoisotopic (exact) mass is 566 g/mol. The van der Waals surface area contributed by atoms with E-state index in [1.807, 2.05) is 103 Å². The van der Waals surface area contributed by atoms with Crippen LogP contribution in [0, 0.1) is 0 Å². The number of ether oxygens (including phenoxy) is 3. The number of amides is 2. The van der Waals surface area contributed by atoms with Crippen molar-refractivity contribution in [1.82, 2.24) is 10.2 Å². The minimum absolute atomic E-state index is 0.0986. The Balaban J connectivity index is 1.57. The number of nitrogens with one attached hydrogen (secondary N) is 1. The average Bonchev–Trinajstić information content (AvgIpc) is 3.04.